The Kier molecular flexibility index (Phi) is 8.05. The van der Waals surface area contributed by atoms with Crippen molar-refractivity contribution in [3.8, 4) is 17.2 Å². The second-order valence-electron chi connectivity index (χ2n) is 6.65. The van der Waals surface area contributed by atoms with Crippen LogP contribution in [-0.2, 0) is 16.1 Å². The molecule has 0 fully saturated rings. The molecule has 176 valence electrons. The van der Waals surface area contributed by atoms with Gasteiger partial charge in [0.1, 0.15) is 12.4 Å². The van der Waals surface area contributed by atoms with Crippen LogP contribution in [0.5, 0.6) is 17.2 Å². The lowest BCUT2D eigenvalue weighted by Gasteiger charge is -2.16. The second-order valence-corrected chi connectivity index (χ2v) is 7.66. The third-order valence-corrected chi connectivity index (χ3v) is 5.56. The Balaban J connectivity index is 2.16. The number of nitrogens with zero attached hydrogens (tertiary/aromatic N) is 2. The molecule has 0 aliphatic rings. The molecule has 0 aliphatic carbocycles. The van der Waals surface area contributed by atoms with Crippen LogP contribution in [0.3, 0.4) is 0 Å². The van der Waals surface area contributed by atoms with Crippen LogP contribution < -0.4 is 19.0 Å². The highest BCUT2D eigenvalue weighted by Crippen LogP contribution is 2.39. The van der Waals surface area contributed by atoms with E-state index in [0.717, 1.165) is 11.3 Å². The number of halogens is 1. The molecule has 0 atom stereocenters. The minimum Gasteiger partial charge on any atom is -0.490 e. The van der Waals surface area contributed by atoms with Crippen molar-refractivity contribution in [2.24, 2.45) is 4.99 Å². The highest BCUT2D eigenvalue weighted by atomic mass is 32.1. The van der Waals surface area contributed by atoms with E-state index in [1.54, 1.807) is 12.1 Å². The van der Waals surface area contributed by atoms with Gasteiger partial charge in [0.15, 0.2) is 16.3 Å². The summed E-state index contributed by atoms with van der Waals surface area (Å²) in [6.45, 7) is 6.28. The summed E-state index contributed by atoms with van der Waals surface area (Å²) in [7, 11) is 1.24. The van der Waals surface area contributed by atoms with E-state index < -0.39 is 17.7 Å². The lowest BCUT2D eigenvalue weighted by atomic mass is 10.1. The van der Waals surface area contributed by atoms with Gasteiger partial charge in [0.05, 0.1) is 37.1 Å². The highest BCUT2D eigenvalue weighted by molar-refractivity contribution is 7.16. The topological polar surface area (TPSA) is 88.4 Å². The first-order valence-electron chi connectivity index (χ1n) is 10.4. The molecule has 1 amide bonds. The predicted molar refractivity (Wildman–Crippen MR) is 122 cm³/mol. The number of benzene rings is 2. The number of rotatable bonds is 9. The summed E-state index contributed by atoms with van der Waals surface area (Å²) in [5, 5.41) is 0. The summed E-state index contributed by atoms with van der Waals surface area (Å²) in [6.07, 6.45) is 0. The van der Waals surface area contributed by atoms with Gasteiger partial charge in [-0.2, -0.15) is 4.99 Å². The van der Waals surface area contributed by atoms with E-state index in [4.69, 9.17) is 18.9 Å². The van der Waals surface area contributed by atoms with Crippen LogP contribution in [0.1, 0.15) is 31.1 Å². The second kappa shape index (κ2) is 11.0. The smallest absolute Gasteiger partial charge is 0.325 e. The zero-order chi connectivity index (χ0) is 24.0. The summed E-state index contributed by atoms with van der Waals surface area (Å²) in [5.41, 5.74) is 0.379. The fourth-order valence-corrected chi connectivity index (χ4v) is 4.22. The third kappa shape index (κ3) is 5.33. The number of fused-ring (bicyclic) bond motifs is 1. The average molecular weight is 477 g/mol. The summed E-state index contributed by atoms with van der Waals surface area (Å²) in [6, 6.07) is 7.58. The maximum Gasteiger partial charge on any atom is 0.325 e. The average Bonchev–Trinajstić information content (AvgIpc) is 3.13. The zero-order valence-electron chi connectivity index (χ0n) is 18.8. The van der Waals surface area contributed by atoms with Gasteiger partial charge in [0, 0.05) is 5.56 Å². The lowest BCUT2D eigenvalue weighted by molar-refractivity contribution is -0.141. The summed E-state index contributed by atoms with van der Waals surface area (Å²) in [4.78, 5) is 29.4. The number of amides is 1. The van der Waals surface area contributed by atoms with Crippen LogP contribution in [0.4, 0.5) is 4.39 Å². The molecule has 0 saturated heterocycles. The first-order chi connectivity index (χ1) is 15.9. The van der Waals surface area contributed by atoms with Crippen molar-refractivity contribution in [3.63, 3.8) is 0 Å². The van der Waals surface area contributed by atoms with E-state index in [2.05, 4.69) is 4.99 Å². The first kappa shape index (κ1) is 24.2. The standard InChI is InChI=1S/C23H25FN2O6S/c1-5-30-16-11-14(12-17(31-6-2)21(16)32-7-3)22(28)25-23-26(13-19(27)29-4)20-15(24)9-8-10-18(20)33-23/h8-12H,5-7,13H2,1-4H3. The summed E-state index contributed by atoms with van der Waals surface area (Å²) >= 11 is 1.09. The first-order valence-corrected chi connectivity index (χ1v) is 11.2. The Morgan fingerprint density at radius 3 is 2.24 bits per heavy atom. The largest absolute Gasteiger partial charge is 0.490 e. The predicted octanol–water partition coefficient (Wildman–Crippen LogP) is 3.95. The Morgan fingerprint density at radius 2 is 1.67 bits per heavy atom. The van der Waals surface area contributed by atoms with Crippen molar-refractivity contribution in [2.75, 3.05) is 26.9 Å². The van der Waals surface area contributed by atoms with Gasteiger partial charge in [-0.1, -0.05) is 17.4 Å². The molecule has 8 nitrogen and oxygen atoms in total. The van der Waals surface area contributed by atoms with E-state index in [1.807, 2.05) is 20.8 Å². The van der Waals surface area contributed by atoms with Crippen molar-refractivity contribution in [1.29, 1.82) is 0 Å². The van der Waals surface area contributed by atoms with Crippen LogP contribution in [0.2, 0.25) is 0 Å². The molecular formula is C23H25FN2O6S. The number of methoxy groups -OCH3 is 1. The monoisotopic (exact) mass is 476 g/mol. The Labute approximate surface area is 194 Å². The van der Waals surface area contributed by atoms with E-state index in [1.165, 1.54) is 29.9 Å². The minimum absolute atomic E-state index is 0.162. The lowest BCUT2D eigenvalue weighted by Crippen LogP contribution is -2.23. The van der Waals surface area contributed by atoms with E-state index in [9.17, 15) is 14.0 Å². The van der Waals surface area contributed by atoms with Crippen molar-refractivity contribution in [2.45, 2.75) is 27.3 Å². The molecule has 1 aromatic heterocycles. The summed E-state index contributed by atoms with van der Waals surface area (Å²) < 4.78 is 38.1. The van der Waals surface area contributed by atoms with Crippen LogP contribution >= 0.6 is 11.3 Å². The van der Waals surface area contributed by atoms with Crippen molar-refractivity contribution < 1.29 is 32.9 Å². The number of ether oxygens (including phenoxy) is 4. The summed E-state index contributed by atoms with van der Waals surface area (Å²) in [5.74, 6) is -0.611. The van der Waals surface area contributed by atoms with E-state index in [0.29, 0.717) is 41.8 Å². The van der Waals surface area contributed by atoms with Crippen molar-refractivity contribution in [1.82, 2.24) is 4.57 Å². The van der Waals surface area contributed by atoms with Gasteiger partial charge in [-0.05, 0) is 45.0 Å². The van der Waals surface area contributed by atoms with Crippen LogP contribution in [-0.4, -0.2) is 43.4 Å². The number of esters is 1. The Morgan fingerprint density at radius 1 is 1.03 bits per heavy atom. The normalized spacial score (nSPS) is 11.5. The van der Waals surface area contributed by atoms with Crippen LogP contribution in [0.25, 0.3) is 10.2 Å². The fourth-order valence-electron chi connectivity index (χ4n) is 3.18. The van der Waals surface area contributed by atoms with E-state index >= 15 is 0 Å². The minimum atomic E-state index is -0.606. The highest BCUT2D eigenvalue weighted by Gasteiger charge is 2.20. The van der Waals surface area contributed by atoms with Gasteiger partial charge in [0.2, 0.25) is 5.75 Å². The maximum absolute atomic E-state index is 14.5. The molecule has 1 heterocycles. The molecular weight excluding hydrogens is 451 g/mol. The van der Waals surface area contributed by atoms with Gasteiger partial charge in [-0.3, -0.25) is 9.59 Å². The van der Waals surface area contributed by atoms with Crippen molar-refractivity contribution in [3.05, 3.63) is 46.5 Å². The molecule has 10 heteroatoms. The number of hydrogen-bond acceptors (Lipinski definition) is 7. The quantitative estimate of drug-likeness (QED) is 0.435. The van der Waals surface area contributed by atoms with Gasteiger partial charge in [0.25, 0.3) is 5.91 Å². The Hall–Kier alpha value is -3.40. The number of thiazole rings is 1. The molecule has 0 spiro atoms. The SMILES string of the molecule is CCOc1cc(C(=O)N=c2sc3cccc(F)c3n2CC(=O)OC)cc(OCC)c1OCC. The molecule has 3 aromatic rings. The number of carbonyl (C=O) groups excluding carboxylic acids is 2. The molecule has 33 heavy (non-hydrogen) atoms. The maximum atomic E-state index is 14.5. The van der Waals surface area contributed by atoms with Gasteiger partial charge >= 0.3 is 5.97 Å². The molecule has 0 saturated carbocycles. The molecule has 0 unspecified atom stereocenters. The third-order valence-electron chi connectivity index (χ3n) is 4.52. The number of carbonyl (C=O) groups is 2. The molecule has 0 bridgehead atoms. The number of aromatic nitrogens is 1. The molecule has 3 rings (SSSR count). The van der Waals surface area contributed by atoms with E-state index in [-0.39, 0.29) is 22.4 Å². The van der Waals surface area contributed by atoms with Gasteiger partial charge in [-0.25, -0.2) is 4.39 Å². The van der Waals surface area contributed by atoms with Gasteiger partial charge in [-0.15, -0.1) is 0 Å². The zero-order valence-corrected chi connectivity index (χ0v) is 19.7. The van der Waals surface area contributed by atoms with Crippen LogP contribution in [0, 0.1) is 5.82 Å². The fraction of sp³-hybridized carbons (Fsp3) is 0.348. The Bertz CT molecular complexity index is 1210. The molecule has 0 N–H and O–H groups in total. The molecule has 0 aliphatic heterocycles. The van der Waals surface area contributed by atoms with Crippen molar-refractivity contribution >= 4 is 33.4 Å². The molecule has 2 aromatic carbocycles. The molecule has 0 radical (unpaired) electrons. The van der Waals surface area contributed by atoms with Crippen LogP contribution in [0.15, 0.2) is 35.3 Å². The number of hydrogen-bond donors (Lipinski definition) is 0. The van der Waals surface area contributed by atoms with Gasteiger partial charge < -0.3 is 23.5 Å². The number of para-hydroxylation sites is 1.